The van der Waals surface area contributed by atoms with Gasteiger partial charge in [0, 0.05) is 25.7 Å². The van der Waals surface area contributed by atoms with Crippen molar-refractivity contribution in [2.45, 2.75) is 52.5 Å². The monoisotopic (exact) mass is 270 g/mol. The maximum absolute atomic E-state index is 12.1. The fourth-order valence-electron chi connectivity index (χ4n) is 2.57. The van der Waals surface area contributed by atoms with Crippen LogP contribution in [0.2, 0.25) is 0 Å². The summed E-state index contributed by atoms with van der Waals surface area (Å²) in [6, 6.07) is 0.570. The minimum atomic E-state index is 0.247. The summed E-state index contributed by atoms with van der Waals surface area (Å²) >= 11 is 0. The number of rotatable bonds is 8. The molecule has 1 amide bonds. The molecule has 2 atom stereocenters. The fraction of sp³-hybridized carbons (Fsp3) is 0.933. The third-order valence-electron chi connectivity index (χ3n) is 3.72. The van der Waals surface area contributed by atoms with Gasteiger partial charge >= 0.3 is 0 Å². The minimum absolute atomic E-state index is 0.247. The number of ether oxygens (including phenoxy) is 1. The minimum Gasteiger partial charge on any atom is -0.381 e. The lowest BCUT2D eigenvalue weighted by Crippen LogP contribution is -2.50. The molecule has 0 aromatic heterocycles. The molecule has 0 aliphatic carbocycles. The lowest BCUT2D eigenvalue weighted by molar-refractivity contribution is -0.134. The van der Waals surface area contributed by atoms with Crippen LogP contribution in [0.4, 0.5) is 0 Å². The molecule has 0 spiro atoms. The van der Waals surface area contributed by atoms with E-state index in [2.05, 4.69) is 26.1 Å². The Morgan fingerprint density at radius 3 is 2.74 bits per heavy atom. The summed E-state index contributed by atoms with van der Waals surface area (Å²) in [5, 5.41) is 3.58. The fourth-order valence-corrected chi connectivity index (χ4v) is 2.57. The van der Waals surface area contributed by atoms with Crippen LogP contribution < -0.4 is 5.32 Å². The van der Waals surface area contributed by atoms with Gasteiger partial charge in [-0.15, -0.1) is 0 Å². The number of nitrogens with one attached hydrogen (secondary N) is 1. The van der Waals surface area contributed by atoms with Crippen molar-refractivity contribution < 1.29 is 9.53 Å². The number of piperidine rings is 1. The van der Waals surface area contributed by atoms with Crippen molar-refractivity contribution in [1.82, 2.24) is 10.2 Å². The molecule has 1 saturated heterocycles. The Balaban J connectivity index is 2.24. The quantitative estimate of drug-likeness (QED) is 0.686. The second-order valence-electron chi connectivity index (χ2n) is 5.53. The van der Waals surface area contributed by atoms with E-state index in [-0.39, 0.29) is 5.91 Å². The van der Waals surface area contributed by atoms with Gasteiger partial charge in [-0.05, 0) is 31.7 Å². The van der Waals surface area contributed by atoms with Crippen molar-refractivity contribution in [2.75, 3.05) is 32.8 Å². The van der Waals surface area contributed by atoms with E-state index in [9.17, 15) is 4.79 Å². The maximum atomic E-state index is 12.1. The van der Waals surface area contributed by atoms with Crippen molar-refractivity contribution in [2.24, 2.45) is 5.92 Å². The van der Waals surface area contributed by atoms with E-state index < -0.39 is 0 Å². The predicted molar refractivity (Wildman–Crippen MR) is 78.2 cm³/mol. The summed E-state index contributed by atoms with van der Waals surface area (Å²) < 4.78 is 5.39. The highest BCUT2D eigenvalue weighted by Gasteiger charge is 2.27. The third-order valence-corrected chi connectivity index (χ3v) is 3.72. The van der Waals surface area contributed by atoms with Crippen LogP contribution in [0.5, 0.6) is 0 Å². The van der Waals surface area contributed by atoms with Gasteiger partial charge in [-0.3, -0.25) is 4.79 Å². The zero-order chi connectivity index (χ0) is 14.1. The molecule has 0 aromatic carbocycles. The van der Waals surface area contributed by atoms with Gasteiger partial charge in [-0.25, -0.2) is 0 Å². The largest absolute Gasteiger partial charge is 0.381 e. The highest BCUT2D eigenvalue weighted by atomic mass is 16.5. The van der Waals surface area contributed by atoms with Gasteiger partial charge in [-0.2, -0.15) is 0 Å². The van der Waals surface area contributed by atoms with E-state index in [4.69, 9.17) is 4.74 Å². The lowest BCUT2D eigenvalue weighted by Gasteiger charge is -2.37. The molecular formula is C15H30N2O2. The molecule has 1 heterocycles. The first-order chi connectivity index (χ1) is 9.19. The number of carbonyl (C=O) groups excluding carboxylic acids is 1. The average Bonchev–Trinajstić information content (AvgIpc) is 2.42. The molecule has 1 rings (SSSR count). The van der Waals surface area contributed by atoms with E-state index in [1.165, 1.54) is 6.42 Å². The van der Waals surface area contributed by atoms with Crippen LogP contribution in [-0.4, -0.2) is 49.7 Å². The summed E-state index contributed by atoms with van der Waals surface area (Å²) in [7, 11) is 0. The van der Waals surface area contributed by atoms with Crippen molar-refractivity contribution >= 4 is 5.91 Å². The van der Waals surface area contributed by atoms with Gasteiger partial charge in [0.15, 0.2) is 0 Å². The molecular weight excluding hydrogens is 240 g/mol. The van der Waals surface area contributed by atoms with E-state index in [0.29, 0.717) is 25.0 Å². The van der Waals surface area contributed by atoms with Crippen molar-refractivity contribution in [3.05, 3.63) is 0 Å². The summed E-state index contributed by atoms with van der Waals surface area (Å²) in [6.45, 7) is 10.7. The van der Waals surface area contributed by atoms with E-state index in [1.807, 2.05) is 4.90 Å². The number of hydrogen-bond donors (Lipinski definition) is 1. The zero-order valence-electron chi connectivity index (χ0n) is 12.8. The molecule has 1 fully saturated rings. The first-order valence-electron chi connectivity index (χ1n) is 7.77. The summed E-state index contributed by atoms with van der Waals surface area (Å²) in [5.41, 5.74) is 0. The Kier molecular flexibility index (Phi) is 8.07. The number of hydrogen-bond acceptors (Lipinski definition) is 3. The molecule has 4 nitrogen and oxygen atoms in total. The topological polar surface area (TPSA) is 41.6 Å². The Labute approximate surface area is 117 Å². The number of amides is 1. The molecule has 1 aliphatic rings. The molecule has 0 saturated carbocycles. The highest BCUT2D eigenvalue weighted by Crippen LogP contribution is 2.17. The first kappa shape index (κ1) is 16.4. The Morgan fingerprint density at radius 1 is 1.32 bits per heavy atom. The smallest absolute Gasteiger partial charge is 0.224 e. The molecule has 1 N–H and O–H groups in total. The number of likely N-dealkylation sites (tertiary alicyclic amines) is 1. The van der Waals surface area contributed by atoms with E-state index >= 15 is 0 Å². The van der Waals surface area contributed by atoms with E-state index in [0.717, 1.165) is 39.1 Å². The Bertz CT molecular complexity index is 259. The Morgan fingerprint density at radius 2 is 2.11 bits per heavy atom. The average molecular weight is 270 g/mol. The van der Waals surface area contributed by atoms with Crippen LogP contribution in [0.15, 0.2) is 0 Å². The number of nitrogens with zero attached hydrogens (tertiary/aromatic N) is 1. The number of carbonyl (C=O) groups is 1. The molecule has 0 aromatic rings. The Hall–Kier alpha value is -0.610. The maximum Gasteiger partial charge on any atom is 0.224 e. The molecule has 1 aliphatic heterocycles. The molecule has 0 radical (unpaired) electrons. The van der Waals surface area contributed by atoms with Gasteiger partial charge in [0.1, 0.15) is 0 Å². The van der Waals surface area contributed by atoms with Gasteiger partial charge in [0.2, 0.25) is 5.91 Å². The van der Waals surface area contributed by atoms with Crippen LogP contribution >= 0.6 is 0 Å². The lowest BCUT2D eigenvalue weighted by atomic mass is 9.93. The van der Waals surface area contributed by atoms with Crippen LogP contribution in [0.25, 0.3) is 0 Å². The van der Waals surface area contributed by atoms with Crippen molar-refractivity contribution in [3.8, 4) is 0 Å². The van der Waals surface area contributed by atoms with Crippen LogP contribution in [0, 0.1) is 5.92 Å². The van der Waals surface area contributed by atoms with Gasteiger partial charge < -0.3 is 15.0 Å². The van der Waals surface area contributed by atoms with E-state index in [1.54, 1.807) is 0 Å². The van der Waals surface area contributed by atoms with Gasteiger partial charge in [0.25, 0.3) is 0 Å². The molecule has 19 heavy (non-hydrogen) atoms. The molecule has 4 heteroatoms. The molecule has 2 unspecified atom stereocenters. The highest BCUT2D eigenvalue weighted by molar-refractivity contribution is 5.76. The van der Waals surface area contributed by atoms with Gasteiger partial charge in [0.05, 0.1) is 13.0 Å². The normalized spacial score (nSPS) is 23.6. The SMILES string of the molecule is CCCNC1CCN(C(=O)CCOCCC)CC1C. The van der Waals surface area contributed by atoms with Crippen molar-refractivity contribution in [3.63, 3.8) is 0 Å². The van der Waals surface area contributed by atoms with Crippen molar-refractivity contribution in [1.29, 1.82) is 0 Å². The second-order valence-corrected chi connectivity index (χ2v) is 5.53. The first-order valence-corrected chi connectivity index (χ1v) is 7.77. The van der Waals surface area contributed by atoms with Gasteiger partial charge in [-0.1, -0.05) is 20.8 Å². The summed E-state index contributed by atoms with van der Waals surface area (Å²) in [4.78, 5) is 14.1. The molecule has 0 bridgehead atoms. The second kappa shape index (κ2) is 9.32. The van der Waals surface area contributed by atoms with Crippen LogP contribution in [0.3, 0.4) is 0 Å². The molecule has 112 valence electrons. The van der Waals surface area contributed by atoms with Crippen LogP contribution in [0.1, 0.15) is 46.5 Å². The standard InChI is InChI=1S/C15H30N2O2/c1-4-8-16-14-6-9-17(12-13(14)3)15(18)7-11-19-10-5-2/h13-14,16H,4-12H2,1-3H3. The predicted octanol–water partition coefficient (Wildman–Crippen LogP) is 2.04. The summed E-state index contributed by atoms with van der Waals surface area (Å²) in [6.07, 6.45) is 3.78. The third kappa shape index (κ3) is 5.91. The van der Waals surface area contributed by atoms with Crippen LogP contribution in [-0.2, 0) is 9.53 Å². The summed E-state index contributed by atoms with van der Waals surface area (Å²) in [5.74, 6) is 0.790. The zero-order valence-corrected chi connectivity index (χ0v) is 12.8.